The highest BCUT2D eigenvalue weighted by Crippen LogP contribution is 1.77. The summed E-state index contributed by atoms with van der Waals surface area (Å²) in [6.45, 7) is 2.94. The Hall–Kier alpha value is 0.0469. The summed E-state index contributed by atoms with van der Waals surface area (Å²) >= 11 is 0. The molecular formula is C5H12NSi. The van der Waals surface area contributed by atoms with Gasteiger partial charge in [0.2, 0.25) is 0 Å². The predicted octanol–water partition coefficient (Wildman–Crippen LogP) is 0.280. The normalized spacial score (nSPS) is 10.6. The molecule has 7 heavy (non-hydrogen) atoms. The van der Waals surface area contributed by atoms with Gasteiger partial charge in [0.25, 0.3) is 0 Å². The minimum atomic E-state index is 0.848. The maximum absolute atomic E-state index is 5.26. The standard InChI is InChI=1S/C5H12NSi/c1-2-7-5-3-4-6/h2H,3-6H2,1H3. The van der Waals surface area contributed by atoms with Crippen LogP contribution >= 0.6 is 0 Å². The van der Waals surface area contributed by atoms with Gasteiger partial charge in [-0.2, -0.15) is 0 Å². The largest absolute Gasteiger partial charge is 0.330 e. The Balaban J connectivity index is 2.69. The molecule has 0 spiro atoms. The molecule has 1 radical (unpaired) electrons. The smallest absolute Gasteiger partial charge is 0.0144 e. The van der Waals surface area contributed by atoms with Crippen LogP contribution in [0.25, 0.3) is 0 Å². The fourth-order valence-electron chi connectivity index (χ4n) is 0.348. The molecule has 0 aliphatic carbocycles. The van der Waals surface area contributed by atoms with Crippen molar-refractivity contribution in [1.82, 2.24) is 0 Å². The second kappa shape index (κ2) is 6.05. The average molecular weight is 114 g/mol. The lowest BCUT2D eigenvalue weighted by atomic mass is 10.5. The Morgan fingerprint density at radius 2 is 2.43 bits per heavy atom. The molecule has 0 atom stereocenters. The van der Waals surface area contributed by atoms with E-state index < -0.39 is 0 Å². The highest BCUT2D eigenvalue weighted by molar-refractivity contribution is 6.46. The molecule has 0 unspecified atom stereocenters. The summed E-state index contributed by atoms with van der Waals surface area (Å²) in [5.74, 6) is 0. The molecule has 2 heteroatoms. The molecule has 2 N–H and O–H groups in total. The topological polar surface area (TPSA) is 26.0 Å². The van der Waals surface area contributed by atoms with Gasteiger partial charge in [0.05, 0.1) is 0 Å². The van der Waals surface area contributed by atoms with E-state index in [0.717, 1.165) is 15.7 Å². The Morgan fingerprint density at radius 3 is 2.86 bits per heavy atom. The van der Waals surface area contributed by atoms with Crippen molar-refractivity contribution in [1.29, 1.82) is 0 Å². The first-order chi connectivity index (χ1) is 3.41. The van der Waals surface area contributed by atoms with Gasteiger partial charge in [0.15, 0.2) is 0 Å². The summed E-state index contributed by atoms with van der Waals surface area (Å²) in [5, 5.41) is 0. The molecule has 0 saturated heterocycles. The second-order valence-corrected chi connectivity index (χ2v) is 2.87. The van der Waals surface area contributed by atoms with Crippen molar-refractivity contribution in [3.63, 3.8) is 0 Å². The van der Waals surface area contributed by atoms with Gasteiger partial charge >= 0.3 is 0 Å². The number of hydrogen-bond acceptors (Lipinski definition) is 1. The third-order valence-electron chi connectivity index (χ3n) is 0.729. The van der Waals surface area contributed by atoms with Crippen LogP contribution in [0.5, 0.6) is 0 Å². The molecule has 41 valence electrons. The fraction of sp³-hybridized carbons (Fsp3) is 0.800. The Bertz CT molecular complexity index is 52.0. The molecular weight excluding hydrogens is 102 g/mol. The van der Waals surface area contributed by atoms with Gasteiger partial charge in [-0.1, -0.05) is 6.92 Å². The molecule has 0 bridgehead atoms. The minimum absolute atomic E-state index is 0.848. The van der Waals surface area contributed by atoms with Crippen LogP contribution < -0.4 is 5.73 Å². The van der Waals surface area contributed by atoms with Gasteiger partial charge in [-0.3, -0.25) is 0 Å². The molecule has 0 aromatic carbocycles. The average Bonchev–Trinajstić information content (AvgIpc) is 1.69. The SMILES string of the molecule is CC=[Si]CCCN. The lowest BCUT2D eigenvalue weighted by Gasteiger charge is -1.83. The van der Waals surface area contributed by atoms with Gasteiger partial charge in [0, 0.05) is 9.13 Å². The maximum Gasteiger partial charge on any atom is 0.0144 e. The molecule has 0 amide bonds. The Morgan fingerprint density at radius 1 is 1.71 bits per heavy atom. The van der Waals surface area contributed by atoms with Gasteiger partial charge in [-0.05, 0) is 19.0 Å². The van der Waals surface area contributed by atoms with Gasteiger partial charge in [-0.15, -0.1) is 5.67 Å². The molecule has 0 aliphatic rings. The van der Waals surface area contributed by atoms with E-state index in [9.17, 15) is 0 Å². The van der Waals surface area contributed by atoms with E-state index in [4.69, 9.17) is 5.73 Å². The fourth-order valence-corrected chi connectivity index (χ4v) is 1.05. The zero-order chi connectivity index (χ0) is 5.54. The van der Waals surface area contributed by atoms with Crippen LogP contribution in [-0.2, 0) is 0 Å². The number of nitrogens with two attached hydrogens (primary N) is 1. The first-order valence-electron chi connectivity index (χ1n) is 2.63. The van der Waals surface area contributed by atoms with Crippen molar-refractivity contribution < 1.29 is 0 Å². The van der Waals surface area contributed by atoms with Crippen molar-refractivity contribution in [3.8, 4) is 0 Å². The highest BCUT2D eigenvalue weighted by Gasteiger charge is 1.74. The van der Waals surface area contributed by atoms with Crippen LogP contribution in [0.4, 0.5) is 0 Å². The summed E-state index contributed by atoms with van der Waals surface area (Å²) < 4.78 is 0. The van der Waals surface area contributed by atoms with Crippen molar-refractivity contribution in [2.45, 2.75) is 19.4 Å². The van der Waals surface area contributed by atoms with E-state index in [1.807, 2.05) is 0 Å². The van der Waals surface area contributed by atoms with Crippen LogP contribution in [0, 0.1) is 0 Å². The summed E-state index contributed by atoms with van der Waals surface area (Å²) in [6.07, 6.45) is 1.18. The van der Waals surface area contributed by atoms with Gasteiger partial charge in [-0.25, -0.2) is 0 Å². The van der Waals surface area contributed by atoms with Crippen LogP contribution in [0.1, 0.15) is 13.3 Å². The predicted molar refractivity (Wildman–Crippen MR) is 36.0 cm³/mol. The summed E-state index contributed by atoms with van der Waals surface area (Å²) in [4.78, 5) is 0. The lowest BCUT2D eigenvalue weighted by Crippen LogP contribution is -1.97. The van der Waals surface area contributed by atoms with Gasteiger partial charge in [0.1, 0.15) is 0 Å². The zero-order valence-corrected chi connectivity index (χ0v) is 5.78. The third-order valence-corrected chi connectivity index (χ3v) is 1.78. The molecule has 0 aromatic rings. The molecule has 1 nitrogen and oxygen atoms in total. The summed E-state index contributed by atoms with van der Waals surface area (Å²) in [6, 6.07) is 1.28. The molecule has 0 aromatic heterocycles. The number of hydrogen-bond donors (Lipinski definition) is 1. The Labute approximate surface area is 47.4 Å². The van der Waals surface area contributed by atoms with E-state index in [1.54, 1.807) is 0 Å². The first kappa shape index (κ1) is 7.05. The van der Waals surface area contributed by atoms with Gasteiger partial charge < -0.3 is 5.73 Å². The molecule has 0 heterocycles. The van der Waals surface area contributed by atoms with E-state index in [2.05, 4.69) is 12.6 Å². The van der Waals surface area contributed by atoms with E-state index >= 15 is 0 Å². The monoisotopic (exact) mass is 114 g/mol. The molecule has 0 saturated carbocycles. The quantitative estimate of drug-likeness (QED) is 0.414. The van der Waals surface area contributed by atoms with E-state index in [1.165, 1.54) is 12.5 Å². The van der Waals surface area contributed by atoms with Crippen molar-refractivity contribution in [2.24, 2.45) is 5.73 Å². The van der Waals surface area contributed by atoms with Crippen LogP contribution in [0.3, 0.4) is 0 Å². The van der Waals surface area contributed by atoms with Crippen molar-refractivity contribution in [3.05, 3.63) is 0 Å². The highest BCUT2D eigenvalue weighted by atomic mass is 28.2. The van der Waals surface area contributed by atoms with E-state index in [0.29, 0.717) is 0 Å². The molecule has 0 rings (SSSR count). The number of rotatable bonds is 3. The zero-order valence-electron chi connectivity index (χ0n) is 4.78. The van der Waals surface area contributed by atoms with Crippen LogP contribution in [-0.4, -0.2) is 21.3 Å². The van der Waals surface area contributed by atoms with Crippen LogP contribution in [0.15, 0.2) is 0 Å². The first-order valence-corrected chi connectivity index (χ1v) is 3.91. The Kier molecular flexibility index (Phi) is 6.09. The van der Waals surface area contributed by atoms with Crippen molar-refractivity contribution >= 4 is 14.8 Å². The lowest BCUT2D eigenvalue weighted by molar-refractivity contribution is 0.929. The minimum Gasteiger partial charge on any atom is -0.330 e. The van der Waals surface area contributed by atoms with E-state index in [-0.39, 0.29) is 0 Å². The summed E-state index contributed by atoms with van der Waals surface area (Å²) in [5.41, 5.74) is 7.46. The third kappa shape index (κ3) is 6.05. The molecule has 0 fully saturated rings. The molecule has 0 aliphatic heterocycles. The second-order valence-electron chi connectivity index (χ2n) is 1.39. The van der Waals surface area contributed by atoms with Crippen molar-refractivity contribution in [2.75, 3.05) is 6.54 Å². The maximum atomic E-state index is 5.26. The summed E-state index contributed by atoms with van der Waals surface area (Å²) in [7, 11) is 1.02. The van der Waals surface area contributed by atoms with Crippen LogP contribution in [0.2, 0.25) is 6.04 Å².